The van der Waals surface area contributed by atoms with Crippen molar-refractivity contribution in [3.63, 3.8) is 0 Å². The van der Waals surface area contributed by atoms with Crippen LogP contribution in [0.1, 0.15) is 50.3 Å². The van der Waals surface area contributed by atoms with Crippen LogP contribution in [0.4, 0.5) is 24.0 Å². The Morgan fingerprint density at radius 1 is 1.26 bits per heavy atom. The first-order chi connectivity index (χ1) is 14.9. The molecule has 0 radical (unpaired) electrons. The number of thiazole rings is 1. The summed E-state index contributed by atoms with van der Waals surface area (Å²) in [6.45, 7) is 5.08. The van der Waals surface area contributed by atoms with Gasteiger partial charge in [0.1, 0.15) is 5.75 Å². The molecule has 0 saturated carbocycles. The third-order valence-electron chi connectivity index (χ3n) is 5.44. The van der Waals surface area contributed by atoms with Crippen molar-refractivity contribution in [2.45, 2.75) is 51.7 Å². The number of aliphatic hydroxyl groups excluding tert-OH is 1. The van der Waals surface area contributed by atoms with E-state index in [1.807, 2.05) is 12.3 Å². The topological polar surface area (TPSA) is 57.6 Å². The fourth-order valence-corrected chi connectivity index (χ4v) is 4.33. The van der Waals surface area contributed by atoms with Crippen LogP contribution >= 0.6 is 11.3 Å². The van der Waals surface area contributed by atoms with Gasteiger partial charge in [0.2, 0.25) is 0 Å². The highest BCUT2D eigenvalue weighted by atomic mass is 32.1. The fourth-order valence-electron chi connectivity index (χ4n) is 3.61. The Kier molecular flexibility index (Phi) is 8.57. The molecule has 2 heterocycles. The average molecular weight is 458 g/mol. The quantitative estimate of drug-likeness (QED) is 0.450. The normalized spacial score (nSPS) is 15.9. The van der Waals surface area contributed by atoms with E-state index in [1.54, 1.807) is 6.07 Å². The molecule has 172 valence electrons. The predicted molar refractivity (Wildman–Crippen MR) is 117 cm³/mol. The van der Waals surface area contributed by atoms with Crippen LogP contribution in [-0.4, -0.2) is 41.3 Å². The molecule has 1 aromatic carbocycles. The summed E-state index contributed by atoms with van der Waals surface area (Å²) in [6, 6.07) is 4.04. The first-order valence-electron chi connectivity index (χ1n) is 10.8. The van der Waals surface area contributed by atoms with E-state index in [2.05, 4.69) is 15.2 Å². The lowest BCUT2D eigenvalue weighted by molar-refractivity contribution is -0.138. The predicted octanol–water partition coefficient (Wildman–Crippen LogP) is 5.68. The van der Waals surface area contributed by atoms with E-state index in [9.17, 15) is 18.3 Å². The zero-order chi connectivity index (χ0) is 22.3. The van der Waals surface area contributed by atoms with E-state index in [-0.39, 0.29) is 19.0 Å². The summed E-state index contributed by atoms with van der Waals surface area (Å²) in [6.07, 6.45) is 0.0828. The number of piperidine rings is 1. The summed E-state index contributed by atoms with van der Waals surface area (Å²) >= 11 is 1.37. The lowest BCUT2D eigenvalue weighted by atomic mass is 9.98. The molecule has 9 heteroatoms. The first kappa shape index (κ1) is 23.8. The molecule has 0 amide bonds. The van der Waals surface area contributed by atoms with Crippen LogP contribution in [0.25, 0.3) is 0 Å². The molecule has 0 aliphatic carbocycles. The minimum absolute atomic E-state index is 0.139. The second-order valence-electron chi connectivity index (χ2n) is 7.94. The van der Waals surface area contributed by atoms with Crippen molar-refractivity contribution in [2.24, 2.45) is 5.92 Å². The molecule has 1 aliphatic rings. The zero-order valence-electron chi connectivity index (χ0n) is 17.7. The summed E-state index contributed by atoms with van der Waals surface area (Å²) in [5, 5.41) is 14.7. The van der Waals surface area contributed by atoms with Crippen molar-refractivity contribution in [1.82, 2.24) is 9.88 Å². The lowest BCUT2D eigenvalue weighted by Crippen LogP contribution is -2.34. The fraction of sp³-hybridized carbons (Fsp3) is 0.591. The molecule has 1 aromatic heterocycles. The molecule has 2 N–H and O–H groups in total. The van der Waals surface area contributed by atoms with Gasteiger partial charge in [0, 0.05) is 24.2 Å². The number of ether oxygens (including phenoxy) is 1. The highest BCUT2D eigenvalue weighted by Gasteiger charge is 2.34. The number of benzene rings is 1. The second kappa shape index (κ2) is 11.2. The number of rotatable bonds is 10. The SMILES string of the molecule is CCCCCOc1ccc(Nc2nc(CN3CCC(CO)CC3)cs2)cc1C(F)(F)F. The van der Waals surface area contributed by atoms with Gasteiger partial charge in [0.25, 0.3) is 0 Å². The average Bonchev–Trinajstić information content (AvgIpc) is 3.18. The molecule has 0 spiro atoms. The molecule has 0 unspecified atom stereocenters. The highest BCUT2D eigenvalue weighted by molar-refractivity contribution is 7.13. The Labute approximate surface area is 185 Å². The van der Waals surface area contributed by atoms with Crippen molar-refractivity contribution >= 4 is 22.2 Å². The van der Waals surface area contributed by atoms with Gasteiger partial charge in [-0.1, -0.05) is 19.8 Å². The number of aromatic nitrogens is 1. The summed E-state index contributed by atoms with van der Waals surface area (Å²) < 4.78 is 45.9. The van der Waals surface area contributed by atoms with Crippen molar-refractivity contribution in [3.8, 4) is 5.75 Å². The van der Waals surface area contributed by atoms with Gasteiger partial charge in [0.15, 0.2) is 5.13 Å². The Morgan fingerprint density at radius 3 is 2.71 bits per heavy atom. The van der Waals surface area contributed by atoms with E-state index in [4.69, 9.17) is 4.74 Å². The molecule has 3 rings (SSSR count). The van der Waals surface area contributed by atoms with E-state index in [1.165, 1.54) is 17.4 Å². The molecule has 1 aliphatic heterocycles. The second-order valence-corrected chi connectivity index (χ2v) is 8.79. The van der Waals surface area contributed by atoms with E-state index in [0.29, 0.717) is 23.3 Å². The Balaban J connectivity index is 1.62. The first-order valence-corrected chi connectivity index (χ1v) is 11.7. The van der Waals surface area contributed by atoms with Crippen LogP contribution in [0, 0.1) is 5.92 Å². The third kappa shape index (κ3) is 7.08. The molecule has 0 atom stereocenters. The van der Waals surface area contributed by atoms with Gasteiger partial charge in [-0.25, -0.2) is 4.98 Å². The maximum Gasteiger partial charge on any atom is 0.420 e. The van der Waals surface area contributed by atoms with Gasteiger partial charge in [-0.05, 0) is 56.5 Å². The molecule has 5 nitrogen and oxygen atoms in total. The summed E-state index contributed by atoms with van der Waals surface area (Å²) in [5.41, 5.74) is 0.442. The summed E-state index contributed by atoms with van der Waals surface area (Å²) in [5.74, 6) is 0.241. The number of likely N-dealkylation sites (tertiary alicyclic amines) is 1. The third-order valence-corrected chi connectivity index (χ3v) is 6.25. The van der Waals surface area contributed by atoms with Crippen LogP contribution in [0.15, 0.2) is 23.6 Å². The molecule has 31 heavy (non-hydrogen) atoms. The number of anilines is 2. The number of alkyl halides is 3. The van der Waals surface area contributed by atoms with E-state index >= 15 is 0 Å². The number of halogens is 3. The Bertz CT molecular complexity index is 821. The standard InChI is InChI=1S/C22H30F3N3O2S/c1-2-3-4-11-30-20-6-5-17(12-19(20)22(23,24)25)26-21-27-18(15-31-21)13-28-9-7-16(14-29)8-10-28/h5-6,12,15-16,29H,2-4,7-11,13-14H2,1H3,(H,26,27). The molecule has 1 fully saturated rings. The number of hydrogen-bond donors (Lipinski definition) is 2. The minimum atomic E-state index is -4.49. The summed E-state index contributed by atoms with van der Waals surface area (Å²) in [7, 11) is 0. The Hall–Kier alpha value is -1.84. The van der Waals surface area contributed by atoms with E-state index in [0.717, 1.165) is 57.0 Å². The van der Waals surface area contributed by atoms with Gasteiger partial charge in [-0.3, -0.25) is 4.90 Å². The molecular weight excluding hydrogens is 427 g/mol. The van der Waals surface area contributed by atoms with Crippen molar-refractivity contribution in [2.75, 3.05) is 31.6 Å². The highest BCUT2D eigenvalue weighted by Crippen LogP contribution is 2.38. The molecule has 2 aromatic rings. The van der Waals surface area contributed by atoms with Gasteiger partial charge >= 0.3 is 6.18 Å². The summed E-state index contributed by atoms with van der Waals surface area (Å²) in [4.78, 5) is 6.82. The molecular formula is C22H30F3N3O2S. The minimum Gasteiger partial charge on any atom is -0.493 e. The van der Waals surface area contributed by atoms with Gasteiger partial charge in [-0.2, -0.15) is 13.2 Å². The van der Waals surface area contributed by atoms with Crippen LogP contribution in [0.5, 0.6) is 5.75 Å². The lowest BCUT2D eigenvalue weighted by Gasteiger charge is -2.30. The van der Waals surface area contributed by atoms with Crippen LogP contribution in [0.3, 0.4) is 0 Å². The molecule has 0 bridgehead atoms. The van der Waals surface area contributed by atoms with Crippen molar-refractivity contribution in [3.05, 3.63) is 34.8 Å². The van der Waals surface area contributed by atoms with Gasteiger partial charge < -0.3 is 15.2 Å². The molecule has 1 saturated heterocycles. The number of nitrogens with one attached hydrogen (secondary N) is 1. The van der Waals surface area contributed by atoms with Crippen LogP contribution < -0.4 is 10.1 Å². The van der Waals surface area contributed by atoms with Crippen LogP contribution in [0.2, 0.25) is 0 Å². The van der Waals surface area contributed by atoms with Crippen LogP contribution in [-0.2, 0) is 12.7 Å². The maximum absolute atomic E-state index is 13.5. The zero-order valence-corrected chi connectivity index (χ0v) is 18.6. The number of aliphatic hydroxyl groups is 1. The van der Waals surface area contributed by atoms with Gasteiger partial charge in [0.05, 0.1) is 17.9 Å². The van der Waals surface area contributed by atoms with Gasteiger partial charge in [-0.15, -0.1) is 11.3 Å². The number of hydrogen-bond acceptors (Lipinski definition) is 6. The van der Waals surface area contributed by atoms with Crippen molar-refractivity contribution in [1.29, 1.82) is 0 Å². The number of unbranched alkanes of at least 4 members (excludes halogenated alkanes) is 2. The largest absolute Gasteiger partial charge is 0.493 e. The maximum atomic E-state index is 13.5. The smallest absolute Gasteiger partial charge is 0.420 e. The van der Waals surface area contributed by atoms with E-state index < -0.39 is 11.7 Å². The Morgan fingerprint density at radius 2 is 2.03 bits per heavy atom. The monoisotopic (exact) mass is 457 g/mol. The number of nitrogens with zero attached hydrogens (tertiary/aromatic N) is 2. The van der Waals surface area contributed by atoms with Crippen molar-refractivity contribution < 1.29 is 23.0 Å².